The van der Waals surface area contributed by atoms with Crippen LogP contribution < -0.4 is 4.90 Å². The summed E-state index contributed by atoms with van der Waals surface area (Å²) in [6.45, 7) is 0. The van der Waals surface area contributed by atoms with Gasteiger partial charge in [-0.15, -0.1) is 11.3 Å². The van der Waals surface area contributed by atoms with Gasteiger partial charge in [0, 0.05) is 58.8 Å². The first-order valence-electron chi connectivity index (χ1n) is 22.2. The highest BCUT2D eigenvalue weighted by Crippen LogP contribution is 2.47. The van der Waals surface area contributed by atoms with Crippen molar-refractivity contribution in [2.75, 3.05) is 4.90 Å². The van der Waals surface area contributed by atoms with Gasteiger partial charge in [0.1, 0.15) is 0 Å². The highest BCUT2D eigenvalue weighted by atomic mass is 32.1. The number of thiophene rings is 1. The Kier molecular flexibility index (Phi) is 8.75. The molecule has 0 saturated heterocycles. The third-order valence-corrected chi connectivity index (χ3v) is 14.3. The number of rotatable bonds is 7. The molecule has 65 heavy (non-hydrogen) atoms. The van der Waals surface area contributed by atoms with E-state index in [1.54, 1.807) is 0 Å². The second-order valence-electron chi connectivity index (χ2n) is 16.8. The minimum absolute atomic E-state index is 1.09. The molecule has 13 aromatic rings. The first kappa shape index (κ1) is 37.3. The molecule has 0 fully saturated rings. The van der Waals surface area contributed by atoms with Crippen molar-refractivity contribution in [3.05, 3.63) is 243 Å². The number of fused-ring (bicyclic) bond motifs is 9. The minimum Gasteiger partial charge on any atom is -0.310 e. The van der Waals surface area contributed by atoms with E-state index in [9.17, 15) is 0 Å². The van der Waals surface area contributed by atoms with E-state index in [1.165, 1.54) is 80.2 Å². The third-order valence-electron chi connectivity index (χ3n) is 13.2. The van der Waals surface area contributed by atoms with E-state index in [-0.39, 0.29) is 0 Å². The zero-order chi connectivity index (χ0) is 42.8. The summed E-state index contributed by atoms with van der Waals surface area (Å²) in [4.78, 5) is 2.45. The van der Waals surface area contributed by atoms with Crippen LogP contribution in [0.15, 0.2) is 243 Å². The monoisotopic (exact) mass is 844 g/mol. The van der Waals surface area contributed by atoms with E-state index in [0.29, 0.717) is 0 Å². The van der Waals surface area contributed by atoms with Crippen molar-refractivity contribution >= 4 is 91.9 Å². The van der Waals surface area contributed by atoms with Crippen molar-refractivity contribution in [1.82, 2.24) is 4.57 Å². The molecule has 0 unspecified atom stereocenters. The molecule has 11 aromatic carbocycles. The van der Waals surface area contributed by atoms with Gasteiger partial charge in [-0.25, -0.2) is 0 Å². The number of hydrogen-bond acceptors (Lipinski definition) is 2. The average molecular weight is 845 g/mol. The Labute approximate surface area is 381 Å². The zero-order valence-electron chi connectivity index (χ0n) is 35.4. The SMILES string of the molecule is c1ccc(-c2cc(-c3ccccc3-n3c4ccccc4c4ccc5ccccc5c43)ccc2N(c2ccc(-c3cccc4ccccc34)cc2)c2ccc3c(c2)sc2ccccc23)cc1. The second kappa shape index (κ2) is 15.2. The Bertz CT molecular complexity index is 3950. The zero-order valence-corrected chi connectivity index (χ0v) is 36.2. The molecule has 0 saturated carbocycles. The molecule has 0 radical (unpaired) electrons. The first-order valence-corrected chi connectivity index (χ1v) is 23.1. The predicted octanol–water partition coefficient (Wildman–Crippen LogP) is 17.9. The van der Waals surface area contributed by atoms with Gasteiger partial charge in [-0.05, 0) is 93.0 Å². The lowest BCUT2D eigenvalue weighted by molar-refractivity contribution is 1.19. The second-order valence-corrected chi connectivity index (χ2v) is 17.9. The Morgan fingerprint density at radius 2 is 0.923 bits per heavy atom. The normalized spacial score (nSPS) is 11.7. The number of nitrogens with zero attached hydrogens (tertiary/aromatic N) is 2. The van der Waals surface area contributed by atoms with Crippen molar-refractivity contribution in [3.8, 4) is 39.1 Å². The number of para-hydroxylation sites is 2. The molecule has 2 nitrogen and oxygen atoms in total. The molecule has 0 atom stereocenters. The molecule has 0 spiro atoms. The Morgan fingerprint density at radius 1 is 0.323 bits per heavy atom. The number of anilines is 3. The topological polar surface area (TPSA) is 8.17 Å². The molecule has 0 aliphatic rings. The number of hydrogen-bond donors (Lipinski definition) is 0. The van der Waals surface area contributed by atoms with Crippen molar-refractivity contribution in [3.63, 3.8) is 0 Å². The summed E-state index contributed by atoms with van der Waals surface area (Å²) in [6, 6.07) is 89.1. The van der Waals surface area contributed by atoms with E-state index < -0.39 is 0 Å². The lowest BCUT2D eigenvalue weighted by Gasteiger charge is -2.29. The molecule has 0 N–H and O–H groups in total. The number of aromatic nitrogens is 1. The van der Waals surface area contributed by atoms with Gasteiger partial charge in [-0.3, -0.25) is 0 Å². The van der Waals surface area contributed by atoms with Crippen molar-refractivity contribution < 1.29 is 0 Å². The molecule has 2 heterocycles. The summed E-state index contributed by atoms with van der Waals surface area (Å²) < 4.78 is 5.06. The summed E-state index contributed by atoms with van der Waals surface area (Å²) in [7, 11) is 0. The Hall–Kier alpha value is -8.24. The van der Waals surface area contributed by atoms with Gasteiger partial charge < -0.3 is 9.47 Å². The summed E-state index contributed by atoms with van der Waals surface area (Å²) >= 11 is 1.86. The van der Waals surface area contributed by atoms with Crippen LogP contribution in [0.3, 0.4) is 0 Å². The van der Waals surface area contributed by atoms with Crippen LogP contribution in [0, 0.1) is 0 Å². The highest BCUT2D eigenvalue weighted by Gasteiger charge is 2.22. The maximum Gasteiger partial charge on any atom is 0.0619 e. The fraction of sp³-hybridized carbons (Fsp3) is 0. The number of benzene rings is 11. The van der Waals surface area contributed by atoms with Gasteiger partial charge in [0.15, 0.2) is 0 Å². The summed E-state index contributed by atoms with van der Waals surface area (Å²) in [5.41, 5.74) is 14.0. The fourth-order valence-corrected chi connectivity index (χ4v) is 11.3. The lowest BCUT2D eigenvalue weighted by Crippen LogP contribution is -2.11. The fourth-order valence-electron chi connectivity index (χ4n) is 10.2. The molecule has 0 aliphatic heterocycles. The third kappa shape index (κ3) is 6.16. The summed E-state index contributed by atoms with van der Waals surface area (Å²) in [5.74, 6) is 0. The van der Waals surface area contributed by atoms with Gasteiger partial charge in [0.05, 0.1) is 22.4 Å². The van der Waals surface area contributed by atoms with E-state index in [2.05, 4.69) is 252 Å². The van der Waals surface area contributed by atoms with E-state index in [1.807, 2.05) is 11.3 Å². The van der Waals surface area contributed by atoms with Crippen molar-refractivity contribution in [1.29, 1.82) is 0 Å². The van der Waals surface area contributed by atoms with Crippen LogP contribution >= 0.6 is 11.3 Å². The summed E-state index contributed by atoms with van der Waals surface area (Å²) in [6.07, 6.45) is 0. The van der Waals surface area contributed by atoms with Crippen LogP contribution in [0.25, 0.3) is 103 Å². The lowest BCUT2D eigenvalue weighted by atomic mass is 9.95. The molecule has 2 aromatic heterocycles. The molecular formula is C62H40N2S. The van der Waals surface area contributed by atoms with Gasteiger partial charge in [0.25, 0.3) is 0 Å². The van der Waals surface area contributed by atoms with Crippen LogP contribution in [-0.2, 0) is 0 Å². The average Bonchev–Trinajstić information content (AvgIpc) is 3.93. The predicted molar refractivity (Wildman–Crippen MR) is 280 cm³/mol. The van der Waals surface area contributed by atoms with Crippen LogP contribution in [0.4, 0.5) is 17.1 Å². The minimum atomic E-state index is 1.09. The smallest absolute Gasteiger partial charge is 0.0619 e. The Morgan fingerprint density at radius 3 is 1.78 bits per heavy atom. The molecule has 304 valence electrons. The quantitative estimate of drug-likeness (QED) is 0.155. The van der Waals surface area contributed by atoms with Gasteiger partial charge >= 0.3 is 0 Å². The van der Waals surface area contributed by atoms with Crippen LogP contribution in [0.1, 0.15) is 0 Å². The van der Waals surface area contributed by atoms with E-state index >= 15 is 0 Å². The molecular weight excluding hydrogens is 805 g/mol. The molecule has 3 heteroatoms. The standard InChI is InChI=1S/C62H40N2S/c1-2-15-42(16-3-1)56-39-45(50-21-8-11-26-57(50)64-58-27-12-9-23-52(58)55-36-31-43-18-5-7-22-51(43)62(55)64)32-38-59(56)63(47-35-37-54-53-24-10-13-28-60(53)65-61(54)40-47)46-33-29-44(30-34-46)49-25-14-19-41-17-4-6-20-48(41)49/h1-40H. The molecule has 13 rings (SSSR count). The molecule has 0 amide bonds. The van der Waals surface area contributed by atoms with E-state index in [0.717, 1.165) is 39.4 Å². The highest BCUT2D eigenvalue weighted by molar-refractivity contribution is 7.25. The van der Waals surface area contributed by atoms with Gasteiger partial charge in [-0.1, -0.05) is 188 Å². The molecule has 0 bridgehead atoms. The molecule has 0 aliphatic carbocycles. The first-order chi connectivity index (χ1) is 32.2. The van der Waals surface area contributed by atoms with Crippen LogP contribution in [0.5, 0.6) is 0 Å². The Balaban J connectivity index is 1.03. The largest absolute Gasteiger partial charge is 0.310 e. The maximum atomic E-state index is 2.49. The van der Waals surface area contributed by atoms with Gasteiger partial charge in [-0.2, -0.15) is 0 Å². The van der Waals surface area contributed by atoms with Crippen molar-refractivity contribution in [2.45, 2.75) is 0 Å². The van der Waals surface area contributed by atoms with Gasteiger partial charge in [0.2, 0.25) is 0 Å². The summed E-state index contributed by atoms with van der Waals surface area (Å²) in [5, 5.41) is 10.1. The van der Waals surface area contributed by atoms with Crippen molar-refractivity contribution in [2.24, 2.45) is 0 Å². The van der Waals surface area contributed by atoms with Crippen LogP contribution in [0.2, 0.25) is 0 Å². The van der Waals surface area contributed by atoms with E-state index in [4.69, 9.17) is 0 Å². The van der Waals surface area contributed by atoms with Crippen LogP contribution in [-0.4, -0.2) is 4.57 Å². The maximum absolute atomic E-state index is 2.49.